The van der Waals surface area contributed by atoms with Crippen molar-refractivity contribution in [2.24, 2.45) is 5.41 Å². The zero-order chi connectivity index (χ0) is 8.48. The predicted molar refractivity (Wildman–Crippen MR) is 43.0 cm³/mol. The van der Waals surface area contributed by atoms with E-state index < -0.39 is 0 Å². The van der Waals surface area contributed by atoms with Crippen molar-refractivity contribution in [1.82, 2.24) is 0 Å². The lowest BCUT2D eigenvalue weighted by atomic mass is 9.71. The second-order valence-electron chi connectivity index (χ2n) is 3.13. The van der Waals surface area contributed by atoms with Crippen LogP contribution in [0.15, 0.2) is 24.0 Å². The first kappa shape index (κ1) is 8.05. The highest BCUT2D eigenvalue weighted by Crippen LogP contribution is 2.37. The number of allylic oxidation sites excluding steroid dienone is 3. The van der Waals surface area contributed by atoms with Gasteiger partial charge in [-0.2, -0.15) is 0 Å². The topological polar surface area (TPSA) is 26.3 Å². The molecule has 0 saturated heterocycles. The standard InChI is InChI=1S/C9H12O2/c1-9(2)7(4-5-11-3)6-8(9)10/h4-6H,1-3H3/b5-4-. The molecule has 1 aliphatic carbocycles. The highest BCUT2D eigenvalue weighted by molar-refractivity contribution is 6.05. The van der Waals surface area contributed by atoms with Crippen molar-refractivity contribution >= 4 is 5.78 Å². The highest BCUT2D eigenvalue weighted by Gasteiger charge is 2.37. The lowest BCUT2D eigenvalue weighted by molar-refractivity contribution is -0.122. The zero-order valence-corrected chi connectivity index (χ0v) is 7.05. The first-order valence-electron chi connectivity index (χ1n) is 3.55. The molecule has 0 aromatic rings. The van der Waals surface area contributed by atoms with Gasteiger partial charge in [-0.3, -0.25) is 4.79 Å². The van der Waals surface area contributed by atoms with E-state index in [1.807, 2.05) is 19.9 Å². The van der Waals surface area contributed by atoms with Gasteiger partial charge in [-0.05, 0) is 31.6 Å². The number of rotatable bonds is 2. The average Bonchev–Trinajstić information content (AvgIpc) is 1.97. The summed E-state index contributed by atoms with van der Waals surface area (Å²) in [6.45, 7) is 3.81. The highest BCUT2D eigenvalue weighted by atomic mass is 16.5. The molecule has 0 amide bonds. The average molecular weight is 152 g/mol. The van der Waals surface area contributed by atoms with Crippen LogP contribution in [0.4, 0.5) is 0 Å². The van der Waals surface area contributed by atoms with Crippen LogP contribution in [0.25, 0.3) is 0 Å². The molecule has 0 saturated carbocycles. The van der Waals surface area contributed by atoms with Crippen molar-refractivity contribution in [3.05, 3.63) is 24.0 Å². The van der Waals surface area contributed by atoms with Crippen LogP contribution in [-0.2, 0) is 9.53 Å². The minimum atomic E-state index is -0.297. The number of carbonyl (C=O) groups is 1. The van der Waals surface area contributed by atoms with E-state index in [1.165, 1.54) is 0 Å². The maximum absolute atomic E-state index is 11.0. The third-order valence-corrected chi connectivity index (χ3v) is 2.01. The van der Waals surface area contributed by atoms with Crippen LogP contribution < -0.4 is 0 Å². The Bertz CT molecular complexity index is 234. The molecule has 0 spiro atoms. The van der Waals surface area contributed by atoms with Crippen LogP contribution in [0.5, 0.6) is 0 Å². The third kappa shape index (κ3) is 1.20. The van der Waals surface area contributed by atoms with Crippen LogP contribution in [0.3, 0.4) is 0 Å². The molecule has 0 aromatic heterocycles. The van der Waals surface area contributed by atoms with Crippen LogP contribution in [0.2, 0.25) is 0 Å². The molecule has 1 rings (SSSR count). The molecule has 11 heavy (non-hydrogen) atoms. The summed E-state index contributed by atoms with van der Waals surface area (Å²) in [4.78, 5) is 11.0. The Morgan fingerprint density at radius 3 is 2.55 bits per heavy atom. The van der Waals surface area contributed by atoms with Gasteiger partial charge in [0.15, 0.2) is 5.78 Å². The Morgan fingerprint density at radius 2 is 2.18 bits per heavy atom. The lowest BCUT2D eigenvalue weighted by Gasteiger charge is -2.31. The Balaban J connectivity index is 2.72. The Morgan fingerprint density at radius 1 is 1.55 bits per heavy atom. The molecule has 60 valence electrons. The normalized spacial score (nSPS) is 21.4. The van der Waals surface area contributed by atoms with Crippen LogP contribution >= 0.6 is 0 Å². The summed E-state index contributed by atoms with van der Waals surface area (Å²) in [5, 5.41) is 0. The molecule has 2 nitrogen and oxygen atoms in total. The maximum atomic E-state index is 11.0. The summed E-state index contributed by atoms with van der Waals surface area (Å²) in [6.07, 6.45) is 5.04. The summed E-state index contributed by atoms with van der Waals surface area (Å²) in [7, 11) is 1.59. The van der Waals surface area contributed by atoms with Gasteiger partial charge in [-0.1, -0.05) is 0 Å². The van der Waals surface area contributed by atoms with Crippen molar-refractivity contribution in [2.45, 2.75) is 13.8 Å². The van der Waals surface area contributed by atoms with Gasteiger partial charge in [0.25, 0.3) is 0 Å². The predicted octanol–water partition coefficient (Wildman–Crippen LogP) is 1.68. The Hall–Kier alpha value is -1.05. The van der Waals surface area contributed by atoms with E-state index in [4.69, 9.17) is 4.74 Å². The number of ketones is 1. The van der Waals surface area contributed by atoms with Gasteiger partial charge < -0.3 is 4.74 Å². The first-order chi connectivity index (χ1) is 5.09. The van der Waals surface area contributed by atoms with Crippen LogP contribution in [0.1, 0.15) is 13.8 Å². The van der Waals surface area contributed by atoms with Crippen LogP contribution in [-0.4, -0.2) is 12.9 Å². The van der Waals surface area contributed by atoms with Crippen molar-refractivity contribution < 1.29 is 9.53 Å². The van der Waals surface area contributed by atoms with Crippen LogP contribution in [0, 0.1) is 5.41 Å². The second-order valence-corrected chi connectivity index (χ2v) is 3.13. The minimum absolute atomic E-state index is 0.188. The molecular formula is C9H12O2. The molecule has 0 heterocycles. The van der Waals surface area contributed by atoms with Gasteiger partial charge in [0.05, 0.1) is 18.8 Å². The van der Waals surface area contributed by atoms with Gasteiger partial charge >= 0.3 is 0 Å². The number of carbonyl (C=O) groups excluding carboxylic acids is 1. The van der Waals surface area contributed by atoms with E-state index in [-0.39, 0.29) is 11.2 Å². The zero-order valence-electron chi connectivity index (χ0n) is 7.05. The minimum Gasteiger partial charge on any atom is -0.504 e. The maximum Gasteiger partial charge on any atom is 0.165 e. The molecule has 0 aromatic carbocycles. The summed E-state index contributed by atoms with van der Waals surface area (Å²) in [5.74, 6) is 0.188. The van der Waals surface area contributed by atoms with Crippen molar-refractivity contribution in [3.63, 3.8) is 0 Å². The number of hydrogen-bond donors (Lipinski definition) is 0. The van der Waals surface area contributed by atoms with Gasteiger partial charge in [0.2, 0.25) is 0 Å². The molecule has 0 atom stereocenters. The Labute approximate surface area is 66.5 Å². The van der Waals surface area contributed by atoms with Crippen molar-refractivity contribution in [2.75, 3.05) is 7.11 Å². The monoisotopic (exact) mass is 152 g/mol. The number of ether oxygens (including phenoxy) is 1. The molecule has 0 unspecified atom stereocenters. The van der Waals surface area contributed by atoms with E-state index in [0.717, 1.165) is 5.57 Å². The fourth-order valence-corrected chi connectivity index (χ4v) is 0.964. The third-order valence-electron chi connectivity index (χ3n) is 2.01. The van der Waals surface area contributed by atoms with E-state index in [9.17, 15) is 4.79 Å². The smallest absolute Gasteiger partial charge is 0.165 e. The second kappa shape index (κ2) is 2.53. The molecule has 0 N–H and O–H groups in total. The van der Waals surface area contributed by atoms with E-state index in [1.54, 1.807) is 19.4 Å². The summed E-state index contributed by atoms with van der Waals surface area (Å²) in [5.41, 5.74) is 0.735. The van der Waals surface area contributed by atoms with Crippen molar-refractivity contribution in [1.29, 1.82) is 0 Å². The summed E-state index contributed by atoms with van der Waals surface area (Å²) < 4.78 is 4.74. The van der Waals surface area contributed by atoms with E-state index in [2.05, 4.69) is 0 Å². The van der Waals surface area contributed by atoms with Gasteiger partial charge in [-0.15, -0.1) is 0 Å². The van der Waals surface area contributed by atoms with E-state index in [0.29, 0.717) is 0 Å². The van der Waals surface area contributed by atoms with Gasteiger partial charge in [0.1, 0.15) is 0 Å². The molecular weight excluding hydrogens is 140 g/mol. The van der Waals surface area contributed by atoms with Crippen molar-refractivity contribution in [3.8, 4) is 0 Å². The van der Waals surface area contributed by atoms with Gasteiger partial charge in [-0.25, -0.2) is 0 Å². The van der Waals surface area contributed by atoms with Gasteiger partial charge in [0, 0.05) is 0 Å². The fourth-order valence-electron chi connectivity index (χ4n) is 0.964. The summed E-state index contributed by atoms with van der Waals surface area (Å²) >= 11 is 0. The number of methoxy groups -OCH3 is 1. The lowest BCUT2D eigenvalue weighted by Crippen LogP contribution is -2.33. The fraction of sp³-hybridized carbons (Fsp3) is 0.444. The van der Waals surface area contributed by atoms with E-state index >= 15 is 0 Å². The molecule has 2 heteroatoms. The largest absolute Gasteiger partial charge is 0.504 e. The molecule has 0 bridgehead atoms. The summed E-state index contributed by atoms with van der Waals surface area (Å²) in [6, 6.07) is 0. The molecule has 0 radical (unpaired) electrons. The Kier molecular flexibility index (Phi) is 1.85. The first-order valence-corrected chi connectivity index (χ1v) is 3.55. The molecule has 1 aliphatic rings. The molecule has 0 fully saturated rings. The SMILES string of the molecule is CO/C=C\C1=CC(=O)C1(C)C. The number of hydrogen-bond acceptors (Lipinski definition) is 2. The molecule has 0 aliphatic heterocycles. The quantitative estimate of drug-likeness (QED) is 0.563.